The quantitative estimate of drug-likeness (QED) is 0.295. The first-order valence-electron chi connectivity index (χ1n) is 1.11. The second-order valence-electron chi connectivity index (χ2n) is 0.545. The van der Waals surface area contributed by atoms with Gasteiger partial charge in [-0.3, -0.25) is 8.63 Å². The molecule has 0 spiro atoms. The molecule has 0 bridgehead atoms. The molecule has 0 aliphatic carbocycles. The molecule has 0 fully saturated rings. The molecule has 0 saturated heterocycles. The van der Waals surface area contributed by atoms with Crippen molar-refractivity contribution in [1.29, 1.82) is 0 Å². The van der Waals surface area contributed by atoms with Crippen LogP contribution in [0.4, 0.5) is 8.63 Å². The largest absolute Gasteiger partial charge is 1.00 e. The Hall–Kier alpha value is 1.97. The Bertz CT molecular complexity index is 28.9. The third-order valence-electron chi connectivity index (χ3n) is 0.117. The van der Waals surface area contributed by atoms with Gasteiger partial charge in [0.1, 0.15) is 0 Å². The SMILES string of the molecule is FB(F)CBr.[F-].[K+]. The number of rotatable bonds is 1. The van der Waals surface area contributed by atoms with E-state index in [2.05, 4.69) is 15.9 Å². The minimum atomic E-state index is -2.20. The standard InChI is InChI=1S/CH2BBrF2.FH.K/c3-1-2(4)5;;/h1H2;1H;/q;;+1/p-1. The molecule has 0 aliphatic heterocycles. The number of halogens is 4. The summed E-state index contributed by atoms with van der Waals surface area (Å²) in [7, 11) is -2.20. The minimum Gasteiger partial charge on any atom is -1.00 e. The zero-order valence-corrected chi connectivity index (χ0v) is 8.51. The fourth-order valence-electron chi connectivity index (χ4n) is 0. The van der Waals surface area contributed by atoms with E-state index in [0.29, 0.717) is 0 Å². The van der Waals surface area contributed by atoms with E-state index in [1.165, 1.54) is 0 Å². The summed E-state index contributed by atoms with van der Waals surface area (Å²) in [6.07, 6.45) is 0. The van der Waals surface area contributed by atoms with Crippen LogP contribution >= 0.6 is 15.9 Å². The van der Waals surface area contributed by atoms with E-state index < -0.39 is 7.27 Å². The van der Waals surface area contributed by atoms with E-state index in [1.54, 1.807) is 0 Å². The average Bonchev–Trinajstić information content (AvgIpc) is 1.38. The van der Waals surface area contributed by atoms with Gasteiger partial charge in [-0.05, 0) is 0 Å². The van der Waals surface area contributed by atoms with Crippen LogP contribution in [0.1, 0.15) is 0 Å². The molecule has 0 aliphatic rings. The second-order valence-corrected chi connectivity index (χ2v) is 1.19. The molecular formula is CH2BBrF3K. The smallest absolute Gasteiger partial charge is 1.00 e. The Labute approximate surface area is 91.5 Å². The van der Waals surface area contributed by atoms with Crippen LogP contribution in [0.2, 0.25) is 0 Å². The Kier molecular flexibility index (Phi) is 24.8. The van der Waals surface area contributed by atoms with Gasteiger partial charge in [-0.15, -0.1) is 0 Å². The molecule has 0 heterocycles. The summed E-state index contributed by atoms with van der Waals surface area (Å²) in [6, 6.07) is 0. The predicted octanol–water partition coefficient (Wildman–Crippen LogP) is -4.64. The van der Waals surface area contributed by atoms with Gasteiger partial charge in [-0.25, -0.2) is 0 Å². The summed E-state index contributed by atoms with van der Waals surface area (Å²) in [5.41, 5.74) is 0. The number of hydrogen-bond acceptors (Lipinski definition) is 0. The second kappa shape index (κ2) is 10.9. The summed E-state index contributed by atoms with van der Waals surface area (Å²) in [6.45, 7) is 0. The van der Waals surface area contributed by atoms with Gasteiger partial charge in [0, 0.05) is 5.23 Å². The van der Waals surface area contributed by atoms with Crippen LogP contribution < -0.4 is 56.1 Å². The van der Waals surface area contributed by atoms with Crippen molar-refractivity contribution in [3.05, 3.63) is 0 Å². The van der Waals surface area contributed by atoms with Gasteiger partial charge in [-0.2, -0.15) is 0 Å². The molecule has 0 unspecified atom stereocenters. The first-order chi connectivity index (χ1) is 2.27. The van der Waals surface area contributed by atoms with Crippen molar-refractivity contribution in [2.75, 3.05) is 5.23 Å². The van der Waals surface area contributed by atoms with Gasteiger partial charge >= 0.3 is 58.7 Å². The summed E-state index contributed by atoms with van der Waals surface area (Å²) >= 11 is 2.56. The van der Waals surface area contributed by atoms with Crippen LogP contribution in [0.15, 0.2) is 0 Å². The summed E-state index contributed by atoms with van der Waals surface area (Å²) in [5, 5.41) is -0.215. The van der Waals surface area contributed by atoms with Gasteiger partial charge in [-0.1, -0.05) is 15.9 Å². The fraction of sp³-hybridized carbons (Fsp3) is 1.00. The van der Waals surface area contributed by atoms with Crippen LogP contribution in [0.25, 0.3) is 0 Å². The first kappa shape index (κ1) is 16.0. The van der Waals surface area contributed by atoms with Crippen molar-refractivity contribution >= 4 is 23.2 Å². The van der Waals surface area contributed by atoms with E-state index in [0.717, 1.165) is 0 Å². The van der Waals surface area contributed by atoms with E-state index in [-0.39, 0.29) is 61.3 Å². The van der Waals surface area contributed by atoms with Crippen LogP contribution in [0.5, 0.6) is 0 Å². The van der Waals surface area contributed by atoms with Gasteiger partial charge < -0.3 is 4.70 Å². The third-order valence-corrected chi connectivity index (χ3v) is 0.606. The number of hydrogen-bond donors (Lipinski definition) is 0. The van der Waals surface area contributed by atoms with Gasteiger partial charge in [0.25, 0.3) is 0 Å². The summed E-state index contributed by atoms with van der Waals surface area (Å²) in [5.74, 6) is 0. The Balaban J connectivity index is -0.0000000800. The van der Waals surface area contributed by atoms with Gasteiger partial charge in [0.15, 0.2) is 0 Å². The molecule has 0 radical (unpaired) electrons. The minimum absolute atomic E-state index is 0. The molecule has 0 nitrogen and oxygen atoms in total. The predicted molar refractivity (Wildman–Crippen MR) is 21.8 cm³/mol. The molecule has 7 heavy (non-hydrogen) atoms. The van der Waals surface area contributed by atoms with Gasteiger partial charge in [0.2, 0.25) is 0 Å². The normalized spacial score (nSPS) is 5.57. The van der Waals surface area contributed by atoms with Crippen molar-refractivity contribution in [2.24, 2.45) is 0 Å². The van der Waals surface area contributed by atoms with Crippen molar-refractivity contribution in [3.8, 4) is 0 Å². The Morgan fingerprint density at radius 2 is 1.57 bits per heavy atom. The molecule has 38 valence electrons. The maximum Gasteiger partial charge on any atom is 1.00 e. The molecule has 0 rings (SSSR count). The van der Waals surface area contributed by atoms with E-state index in [1.807, 2.05) is 0 Å². The summed E-state index contributed by atoms with van der Waals surface area (Å²) < 4.78 is 21.4. The topological polar surface area (TPSA) is 0 Å². The molecule has 0 amide bonds. The Morgan fingerprint density at radius 3 is 1.57 bits per heavy atom. The zero-order chi connectivity index (χ0) is 4.28. The van der Waals surface area contributed by atoms with Crippen molar-refractivity contribution in [3.63, 3.8) is 0 Å². The maximum atomic E-state index is 10.7. The van der Waals surface area contributed by atoms with Gasteiger partial charge in [0.05, 0.1) is 0 Å². The zero-order valence-electron chi connectivity index (χ0n) is 3.80. The third kappa shape index (κ3) is 18.0. The monoisotopic (exact) mass is 200 g/mol. The van der Waals surface area contributed by atoms with E-state index in [4.69, 9.17) is 0 Å². The molecule has 0 aromatic carbocycles. The molecule has 0 atom stereocenters. The molecular weight excluding hydrogens is 199 g/mol. The first-order valence-corrected chi connectivity index (χ1v) is 2.23. The van der Waals surface area contributed by atoms with Crippen molar-refractivity contribution < 1.29 is 64.7 Å². The van der Waals surface area contributed by atoms with E-state index in [9.17, 15) is 8.63 Å². The Morgan fingerprint density at radius 1 is 1.43 bits per heavy atom. The maximum absolute atomic E-state index is 10.7. The van der Waals surface area contributed by atoms with Crippen LogP contribution in [-0.4, -0.2) is 12.5 Å². The van der Waals surface area contributed by atoms with Crippen LogP contribution in [0, 0.1) is 0 Å². The molecule has 6 heteroatoms. The van der Waals surface area contributed by atoms with Crippen LogP contribution in [0.3, 0.4) is 0 Å². The fourth-order valence-corrected chi connectivity index (χ4v) is 0. The van der Waals surface area contributed by atoms with Crippen molar-refractivity contribution in [1.82, 2.24) is 0 Å². The average molecular weight is 201 g/mol. The molecule has 0 aromatic heterocycles. The van der Waals surface area contributed by atoms with Crippen LogP contribution in [-0.2, 0) is 0 Å². The molecule has 0 aromatic rings. The van der Waals surface area contributed by atoms with Crippen molar-refractivity contribution in [2.45, 2.75) is 0 Å². The summed E-state index contributed by atoms with van der Waals surface area (Å²) in [4.78, 5) is 0. The number of alkyl halides is 1. The molecule has 0 saturated carbocycles. The van der Waals surface area contributed by atoms with E-state index >= 15 is 0 Å². The molecule has 0 N–H and O–H groups in total.